The zero-order chi connectivity index (χ0) is 18.2. The van der Waals surface area contributed by atoms with Crippen LogP contribution in [0.2, 0.25) is 0 Å². The molecule has 4 heteroatoms. The number of rotatable bonds is 6. The van der Waals surface area contributed by atoms with Crippen LogP contribution in [0.4, 0.5) is 0 Å². The van der Waals surface area contributed by atoms with Crippen molar-refractivity contribution in [3.8, 4) is 0 Å². The van der Waals surface area contributed by atoms with Crippen molar-refractivity contribution in [3.63, 3.8) is 0 Å². The lowest BCUT2D eigenvalue weighted by Gasteiger charge is -2.37. The lowest BCUT2D eigenvalue weighted by atomic mass is 10.0. The number of pyridine rings is 1. The Balaban J connectivity index is 1.51. The maximum atomic E-state index is 12.5. The molecule has 4 nitrogen and oxygen atoms in total. The second kappa shape index (κ2) is 9.30. The van der Waals surface area contributed by atoms with E-state index in [1.165, 1.54) is 5.56 Å². The van der Waals surface area contributed by atoms with E-state index in [2.05, 4.69) is 40.2 Å². The molecule has 2 heterocycles. The second-order valence-corrected chi connectivity index (χ2v) is 6.90. The standard InChI is InChI=1S/C22H27N3O/c1-24(22(26)12-11-20-9-5-14-23-17-20)21-10-6-15-25(18-21)16-13-19-7-3-2-4-8-19/h2-5,7-9,11-12,14,17,21H,6,10,13,15-16,18H2,1H3/b12-11+. The van der Waals surface area contributed by atoms with Gasteiger partial charge in [0.15, 0.2) is 0 Å². The van der Waals surface area contributed by atoms with E-state index in [0.717, 1.165) is 44.5 Å². The summed E-state index contributed by atoms with van der Waals surface area (Å²) in [5, 5.41) is 0. The van der Waals surface area contributed by atoms with Crippen LogP contribution in [0.25, 0.3) is 6.08 Å². The summed E-state index contributed by atoms with van der Waals surface area (Å²) in [6, 6.07) is 14.7. The summed E-state index contributed by atoms with van der Waals surface area (Å²) in [5.74, 6) is 0.0590. The topological polar surface area (TPSA) is 36.4 Å². The Morgan fingerprint density at radius 2 is 2.12 bits per heavy atom. The summed E-state index contributed by atoms with van der Waals surface area (Å²) < 4.78 is 0. The number of nitrogens with zero attached hydrogens (tertiary/aromatic N) is 3. The second-order valence-electron chi connectivity index (χ2n) is 6.90. The van der Waals surface area contributed by atoms with Crippen molar-refractivity contribution in [3.05, 3.63) is 72.1 Å². The predicted molar refractivity (Wildman–Crippen MR) is 106 cm³/mol. The van der Waals surface area contributed by atoms with Crippen LogP contribution in [0.3, 0.4) is 0 Å². The Labute approximate surface area is 156 Å². The van der Waals surface area contributed by atoms with Crippen LogP contribution in [-0.4, -0.2) is 53.4 Å². The minimum absolute atomic E-state index is 0.0590. The van der Waals surface area contributed by atoms with E-state index in [4.69, 9.17) is 0 Å². The first kappa shape index (κ1) is 18.3. The summed E-state index contributed by atoms with van der Waals surface area (Å²) in [7, 11) is 1.92. The predicted octanol–water partition coefficient (Wildman–Crippen LogP) is 3.26. The number of carbonyl (C=O) groups is 1. The zero-order valence-electron chi connectivity index (χ0n) is 15.4. The van der Waals surface area contributed by atoms with Crippen molar-refractivity contribution in [2.24, 2.45) is 0 Å². The van der Waals surface area contributed by atoms with Gasteiger partial charge in [0.2, 0.25) is 5.91 Å². The molecular formula is C22H27N3O. The third kappa shape index (κ3) is 5.27. The number of amides is 1. The van der Waals surface area contributed by atoms with Gasteiger partial charge < -0.3 is 9.80 Å². The van der Waals surface area contributed by atoms with Crippen LogP contribution in [0.5, 0.6) is 0 Å². The molecule has 0 aliphatic carbocycles. The van der Waals surface area contributed by atoms with Crippen LogP contribution >= 0.6 is 0 Å². The molecule has 0 spiro atoms. The van der Waals surface area contributed by atoms with E-state index in [1.54, 1.807) is 18.5 Å². The Hall–Kier alpha value is -2.46. The van der Waals surface area contributed by atoms with Crippen molar-refractivity contribution < 1.29 is 4.79 Å². The molecule has 1 aromatic carbocycles. The van der Waals surface area contributed by atoms with Gasteiger partial charge in [-0.15, -0.1) is 0 Å². The highest BCUT2D eigenvalue weighted by molar-refractivity contribution is 5.91. The first-order valence-corrected chi connectivity index (χ1v) is 9.33. The number of carbonyl (C=O) groups excluding carboxylic acids is 1. The van der Waals surface area contributed by atoms with Gasteiger partial charge in [0.1, 0.15) is 0 Å². The molecule has 0 bridgehead atoms. The van der Waals surface area contributed by atoms with Crippen molar-refractivity contribution in [2.75, 3.05) is 26.7 Å². The molecule has 0 radical (unpaired) electrons. The summed E-state index contributed by atoms with van der Waals surface area (Å²) in [4.78, 5) is 20.9. The molecule has 0 saturated carbocycles. The van der Waals surface area contributed by atoms with Crippen LogP contribution in [0, 0.1) is 0 Å². The van der Waals surface area contributed by atoms with Gasteiger partial charge in [-0.2, -0.15) is 0 Å². The minimum Gasteiger partial charge on any atom is -0.338 e. The Morgan fingerprint density at radius 1 is 1.27 bits per heavy atom. The number of hydrogen-bond donors (Lipinski definition) is 0. The van der Waals surface area contributed by atoms with Gasteiger partial charge in [-0.05, 0) is 49.1 Å². The maximum Gasteiger partial charge on any atom is 0.246 e. The number of piperidine rings is 1. The van der Waals surface area contributed by atoms with Gasteiger partial charge in [-0.3, -0.25) is 9.78 Å². The monoisotopic (exact) mass is 349 g/mol. The number of likely N-dealkylation sites (N-methyl/N-ethyl adjacent to an activating group) is 1. The van der Waals surface area contributed by atoms with E-state index in [-0.39, 0.29) is 11.9 Å². The highest BCUT2D eigenvalue weighted by atomic mass is 16.2. The molecule has 0 N–H and O–H groups in total. The highest BCUT2D eigenvalue weighted by Gasteiger charge is 2.24. The molecule has 1 aliphatic rings. The van der Waals surface area contributed by atoms with Crippen molar-refractivity contribution >= 4 is 12.0 Å². The smallest absolute Gasteiger partial charge is 0.246 e. The molecule has 1 atom stereocenters. The molecule has 1 saturated heterocycles. The fraction of sp³-hybridized carbons (Fsp3) is 0.364. The van der Waals surface area contributed by atoms with Crippen LogP contribution in [-0.2, 0) is 11.2 Å². The van der Waals surface area contributed by atoms with E-state index in [1.807, 2.05) is 30.2 Å². The van der Waals surface area contributed by atoms with Crippen LogP contribution in [0.15, 0.2) is 60.9 Å². The Bertz CT molecular complexity index is 715. The van der Waals surface area contributed by atoms with E-state index in [9.17, 15) is 4.79 Å². The van der Waals surface area contributed by atoms with E-state index < -0.39 is 0 Å². The van der Waals surface area contributed by atoms with Crippen molar-refractivity contribution in [1.82, 2.24) is 14.8 Å². The first-order chi connectivity index (χ1) is 12.7. The fourth-order valence-electron chi connectivity index (χ4n) is 3.42. The molecule has 3 rings (SSSR count). The largest absolute Gasteiger partial charge is 0.338 e. The van der Waals surface area contributed by atoms with Crippen molar-refractivity contribution in [2.45, 2.75) is 25.3 Å². The van der Waals surface area contributed by atoms with Gasteiger partial charge in [-0.1, -0.05) is 36.4 Å². The Morgan fingerprint density at radius 3 is 2.88 bits per heavy atom. The number of aromatic nitrogens is 1. The molecule has 1 aromatic heterocycles. The van der Waals surface area contributed by atoms with Gasteiger partial charge in [0.25, 0.3) is 0 Å². The summed E-state index contributed by atoms with van der Waals surface area (Å²) in [6.07, 6.45) is 10.3. The summed E-state index contributed by atoms with van der Waals surface area (Å²) in [5.41, 5.74) is 2.32. The maximum absolute atomic E-state index is 12.5. The lowest BCUT2D eigenvalue weighted by molar-refractivity contribution is -0.127. The lowest BCUT2D eigenvalue weighted by Crippen LogP contribution is -2.48. The van der Waals surface area contributed by atoms with E-state index >= 15 is 0 Å². The van der Waals surface area contributed by atoms with Gasteiger partial charge >= 0.3 is 0 Å². The van der Waals surface area contributed by atoms with Gasteiger partial charge in [0, 0.05) is 44.6 Å². The van der Waals surface area contributed by atoms with Crippen LogP contribution in [0.1, 0.15) is 24.0 Å². The third-order valence-corrected chi connectivity index (χ3v) is 5.04. The quantitative estimate of drug-likeness (QED) is 0.751. The third-order valence-electron chi connectivity index (χ3n) is 5.04. The molecule has 2 aromatic rings. The zero-order valence-corrected chi connectivity index (χ0v) is 15.4. The SMILES string of the molecule is CN(C(=O)/C=C/c1cccnc1)C1CCCN(CCc2ccccc2)C1. The van der Waals surface area contributed by atoms with Crippen LogP contribution < -0.4 is 0 Å². The molecule has 26 heavy (non-hydrogen) atoms. The highest BCUT2D eigenvalue weighted by Crippen LogP contribution is 2.16. The minimum atomic E-state index is 0.0590. The van der Waals surface area contributed by atoms with Crippen molar-refractivity contribution in [1.29, 1.82) is 0 Å². The first-order valence-electron chi connectivity index (χ1n) is 9.33. The van der Waals surface area contributed by atoms with E-state index in [0.29, 0.717) is 0 Å². The number of benzene rings is 1. The number of hydrogen-bond acceptors (Lipinski definition) is 3. The van der Waals surface area contributed by atoms with Gasteiger partial charge in [-0.25, -0.2) is 0 Å². The normalized spacial score (nSPS) is 18.1. The molecule has 1 amide bonds. The molecule has 1 fully saturated rings. The average Bonchev–Trinajstić information content (AvgIpc) is 2.71. The fourth-order valence-corrected chi connectivity index (χ4v) is 3.42. The van der Waals surface area contributed by atoms with Gasteiger partial charge in [0.05, 0.1) is 0 Å². The number of likely N-dealkylation sites (tertiary alicyclic amines) is 1. The average molecular weight is 349 g/mol. The molecule has 136 valence electrons. The summed E-state index contributed by atoms with van der Waals surface area (Å²) >= 11 is 0. The Kier molecular flexibility index (Phi) is 6.56. The molecule has 1 aliphatic heterocycles. The molecular weight excluding hydrogens is 322 g/mol. The molecule has 1 unspecified atom stereocenters. The summed E-state index contributed by atoms with van der Waals surface area (Å²) in [6.45, 7) is 3.13.